The number of nitrogens with zero attached hydrogens (tertiary/aromatic N) is 3. The molecule has 5 rings (SSSR count). The molecule has 39 heavy (non-hydrogen) atoms. The molecule has 2 aromatic carbocycles. The Labute approximate surface area is 231 Å². The van der Waals surface area contributed by atoms with Crippen molar-refractivity contribution in [3.8, 4) is 11.8 Å². The van der Waals surface area contributed by atoms with Gasteiger partial charge in [0.25, 0.3) is 0 Å². The number of sulfonamides is 1. The van der Waals surface area contributed by atoms with Crippen LogP contribution in [-0.4, -0.2) is 56.8 Å². The molecule has 0 radical (unpaired) electrons. The van der Waals surface area contributed by atoms with Crippen LogP contribution in [0.15, 0.2) is 47.5 Å². The topological polar surface area (TPSA) is 104 Å². The lowest BCUT2D eigenvalue weighted by Crippen LogP contribution is -2.42. The van der Waals surface area contributed by atoms with Crippen LogP contribution in [-0.2, 0) is 21.2 Å². The summed E-state index contributed by atoms with van der Waals surface area (Å²) in [6.07, 6.45) is 5.21. The highest BCUT2D eigenvalue weighted by Gasteiger charge is 2.30. The average Bonchev–Trinajstić information content (AvgIpc) is 3.29. The zero-order chi connectivity index (χ0) is 27.6. The molecule has 2 atom stereocenters. The van der Waals surface area contributed by atoms with Gasteiger partial charge in [0.05, 0.1) is 23.1 Å². The normalized spacial score (nSPS) is 20.9. The van der Waals surface area contributed by atoms with Gasteiger partial charge in [-0.15, -0.1) is 0 Å². The van der Waals surface area contributed by atoms with Gasteiger partial charge in [0.1, 0.15) is 17.9 Å². The van der Waals surface area contributed by atoms with Crippen molar-refractivity contribution in [3.05, 3.63) is 70.3 Å². The van der Waals surface area contributed by atoms with E-state index in [1.807, 2.05) is 44.2 Å². The van der Waals surface area contributed by atoms with Crippen LogP contribution >= 0.6 is 0 Å². The second-order valence-electron chi connectivity index (χ2n) is 10.6. The summed E-state index contributed by atoms with van der Waals surface area (Å²) in [7, 11) is -3.38. The second kappa shape index (κ2) is 11.5. The third-order valence-electron chi connectivity index (χ3n) is 7.43. The number of rotatable bonds is 10. The first kappa shape index (κ1) is 27.4. The van der Waals surface area contributed by atoms with Crippen molar-refractivity contribution < 1.29 is 17.9 Å². The molecule has 2 heterocycles. The Hall–Kier alpha value is -3.19. The van der Waals surface area contributed by atoms with Crippen molar-refractivity contribution in [2.45, 2.75) is 64.7 Å². The Morgan fingerprint density at radius 3 is 2.77 bits per heavy atom. The molecule has 2 aromatic rings. The zero-order valence-electron chi connectivity index (χ0n) is 22.8. The largest absolute Gasteiger partial charge is 0.490 e. The maximum absolute atomic E-state index is 12.8. The summed E-state index contributed by atoms with van der Waals surface area (Å²) in [6.45, 7) is 8.46. The lowest BCUT2D eigenvalue weighted by molar-refractivity contribution is 0.193. The monoisotopic (exact) mass is 548 g/mol. The van der Waals surface area contributed by atoms with Crippen molar-refractivity contribution in [1.82, 2.24) is 9.62 Å². The van der Waals surface area contributed by atoms with Crippen molar-refractivity contribution >= 4 is 21.6 Å². The Bertz CT molecular complexity index is 1440. The number of ether oxygens (including phenoxy) is 2. The Kier molecular flexibility index (Phi) is 8.08. The highest BCUT2D eigenvalue weighted by Crippen LogP contribution is 2.38. The van der Waals surface area contributed by atoms with Gasteiger partial charge in [0, 0.05) is 23.7 Å². The van der Waals surface area contributed by atoms with Crippen LogP contribution in [0, 0.1) is 11.3 Å². The first-order valence-electron chi connectivity index (χ1n) is 13.8. The third-order valence-corrected chi connectivity index (χ3v) is 8.80. The molecule has 1 N–H and O–H groups in total. The van der Waals surface area contributed by atoms with Gasteiger partial charge in [-0.1, -0.05) is 25.1 Å². The molecule has 0 bridgehead atoms. The number of nitriles is 1. The van der Waals surface area contributed by atoms with E-state index in [9.17, 15) is 13.7 Å². The number of hydrogen-bond donors (Lipinski definition) is 1. The molecule has 2 aliphatic heterocycles. The van der Waals surface area contributed by atoms with Crippen LogP contribution in [0.4, 0.5) is 0 Å². The third kappa shape index (κ3) is 6.19. The molecule has 9 heteroatoms. The van der Waals surface area contributed by atoms with Crippen LogP contribution in [0.5, 0.6) is 5.75 Å². The van der Waals surface area contributed by atoms with Crippen molar-refractivity contribution in [3.63, 3.8) is 0 Å². The highest BCUT2D eigenvalue weighted by molar-refractivity contribution is 7.89. The van der Waals surface area contributed by atoms with Crippen molar-refractivity contribution in [1.29, 1.82) is 5.26 Å². The molecular weight excluding hydrogens is 512 g/mol. The van der Waals surface area contributed by atoms with Gasteiger partial charge in [-0.05, 0) is 88.0 Å². The number of nitrogens with one attached hydrogen (secondary N) is 1. The van der Waals surface area contributed by atoms with Gasteiger partial charge in [-0.3, -0.25) is 0 Å². The lowest BCUT2D eigenvalue weighted by atomic mass is 9.98. The van der Waals surface area contributed by atoms with Gasteiger partial charge in [-0.2, -0.15) is 5.26 Å². The van der Waals surface area contributed by atoms with Crippen molar-refractivity contribution in [2.24, 2.45) is 4.99 Å². The van der Waals surface area contributed by atoms with Crippen LogP contribution in [0.1, 0.15) is 73.9 Å². The molecule has 1 saturated heterocycles. The van der Waals surface area contributed by atoms with E-state index in [0.717, 1.165) is 61.2 Å². The van der Waals surface area contributed by atoms with E-state index >= 15 is 0 Å². The smallest absolute Gasteiger partial charge is 0.221 e. The predicted molar refractivity (Wildman–Crippen MR) is 152 cm³/mol. The zero-order valence-corrected chi connectivity index (χ0v) is 23.6. The summed E-state index contributed by atoms with van der Waals surface area (Å²) in [5, 5.41) is 9.70. The molecular formula is C30H36N4O4S. The van der Waals surface area contributed by atoms with Crippen LogP contribution in [0.25, 0.3) is 5.70 Å². The second-order valence-corrected chi connectivity index (χ2v) is 12.5. The fraction of sp³-hybridized carbons (Fsp3) is 0.467. The number of hydrogen-bond acceptors (Lipinski definition) is 7. The van der Waals surface area contributed by atoms with Gasteiger partial charge >= 0.3 is 0 Å². The van der Waals surface area contributed by atoms with Gasteiger partial charge < -0.3 is 14.4 Å². The van der Waals surface area contributed by atoms with E-state index < -0.39 is 10.0 Å². The highest BCUT2D eigenvalue weighted by atomic mass is 32.2. The summed E-state index contributed by atoms with van der Waals surface area (Å²) in [4.78, 5) is 7.06. The summed E-state index contributed by atoms with van der Waals surface area (Å²) < 4.78 is 40.6. The number of fused-ring (bicyclic) bond motifs is 1. The minimum Gasteiger partial charge on any atom is -0.490 e. The summed E-state index contributed by atoms with van der Waals surface area (Å²) in [5.41, 5.74) is 5.08. The summed E-state index contributed by atoms with van der Waals surface area (Å²) in [5.74, 6) is 1.12. The molecule has 2 unspecified atom stereocenters. The number of aliphatic imine (C=N–C) groups is 1. The Morgan fingerprint density at radius 2 is 2.08 bits per heavy atom. The average molecular weight is 549 g/mol. The van der Waals surface area contributed by atoms with E-state index in [4.69, 9.17) is 14.5 Å². The Balaban J connectivity index is 1.41. The molecule has 3 aliphatic rings. The maximum Gasteiger partial charge on any atom is 0.221 e. The summed E-state index contributed by atoms with van der Waals surface area (Å²) >= 11 is 0. The number of benzene rings is 2. The fourth-order valence-electron chi connectivity index (χ4n) is 5.26. The molecule has 0 amide bonds. The van der Waals surface area contributed by atoms with E-state index in [0.29, 0.717) is 29.3 Å². The first-order chi connectivity index (χ1) is 18.8. The lowest BCUT2D eigenvalue weighted by Gasteiger charge is -2.30. The molecule has 0 spiro atoms. The molecule has 1 fully saturated rings. The molecule has 8 nitrogen and oxygen atoms in total. The van der Waals surface area contributed by atoms with E-state index in [1.165, 1.54) is 0 Å². The van der Waals surface area contributed by atoms with Gasteiger partial charge in [0.2, 0.25) is 15.9 Å². The quantitative estimate of drug-likeness (QED) is 0.467. The molecule has 206 valence electrons. The minimum atomic E-state index is -3.38. The van der Waals surface area contributed by atoms with Gasteiger partial charge in [-0.25, -0.2) is 18.1 Å². The standard InChI is InChI=1S/C30H36N4O4S/c1-4-23-18-28(32-30(38-23)21-9-12-29(37-20(2)3)22(17-21)19-31)26-8-5-7-25-24(26)10-11-27(25)33-39(35,36)16-15-34-13-6-14-34/h5,7-9,12,17-18,20,23,27,33H,4,6,10-11,13-16H2,1-3H3. The Morgan fingerprint density at radius 1 is 1.26 bits per heavy atom. The van der Waals surface area contributed by atoms with Gasteiger partial charge in [0.15, 0.2) is 0 Å². The molecule has 0 saturated carbocycles. The first-order valence-corrected chi connectivity index (χ1v) is 15.4. The van der Waals surface area contributed by atoms with Crippen LogP contribution in [0.2, 0.25) is 0 Å². The van der Waals surface area contributed by atoms with Crippen LogP contribution in [0.3, 0.4) is 0 Å². The molecule has 0 aromatic heterocycles. The summed E-state index contributed by atoms with van der Waals surface area (Å²) in [6, 6.07) is 13.4. The maximum atomic E-state index is 12.8. The predicted octanol–water partition coefficient (Wildman–Crippen LogP) is 4.55. The SMILES string of the molecule is CCC1C=C(c2cccc3c2CCC3NS(=O)(=O)CCN2CCC2)N=C(c2ccc(OC(C)C)c(C#N)c2)O1. The van der Waals surface area contributed by atoms with E-state index in [2.05, 4.69) is 22.6 Å². The minimum absolute atomic E-state index is 0.0424. The van der Waals surface area contributed by atoms with E-state index in [-0.39, 0.29) is 24.0 Å². The fourth-order valence-corrected chi connectivity index (χ4v) is 6.56. The molecule has 1 aliphatic carbocycles. The van der Waals surface area contributed by atoms with E-state index in [1.54, 1.807) is 12.1 Å². The van der Waals surface area contributed by atoms with Crippen molar-refractivity contribution in [2.75, 3.05) is 25.4 Å². The van der Waals surface area contributed by atoms with Crippen LogP contribution < -0.4 is 9.46 Å². The number of likely N-dealkylation sites (tertiary alicyclic amines) is 1.